The summed E-state index contributed by atoms with van der Waals surface area (Å²) < 4.78 is 0.970. The van der Waals surface area contributed by atoms with Gasteiger partial charge < -0.3 is 5.32 Å². The summed E-state index contributed by atoms with van der Waals surface area (Å²) in [5.74, 6) is 0.734. The third-order valence-electron chi connectivity index (χ3n) is 2.67. The lowest BCUT2D eigenvalue weighted by molar-refractivity contribution is 1.18. The summed E-state index contributed by atoms with van der Waals surface area (Å²) in [7, 11) is 0. The molecule has 1 aromatic heterocycles. The van der Waals surface area contributed by atoms with Crippen molar-refractivity contribution in [3.05, 3.63) is 51.6 Å². The first kappa shape index (κ1) is 12.6. The standard InChI is InChI=1S/C14H12BrN3/c1-9-4-3-5-13(11(9)8-16)18-14-7-6-12(15)10(2)17-14/h3-7H,1-2H3,(H,17,18). The molecule has 0 saturated heterocycles. The number of benzene rings is 1. The van der Waals surface area contributed by atoms with Gasteiger partial charge in [0.25, 0.3) is 0 Å². The number of halogens is 1. The SMILES string of the molecule is Cc1cccc(Nc2ccc(Br)c(C)n2)c1C#N. The third kappa shape index (κ3) is 2.52. The van der Waals surface area contributed by atoms with Crippen LogP contribution in [0.2, 0.25) is 0 Å². The van der Waals surface area contributed by atoms with Gasteiger partial charge in [-0.1, -0.05) is 12.1 Å². The quantitative estimate of drug-likeness (QED) is 0.909. The van der Waals surface area contributed by atoms with E-state index in [9.17, 15) is 0 Å². The average molecular weight is 302 g/mol. The lowest BCUT2D eigenvalue weighted by Gasteiger charge is -2.10. The summed E-state index contributed by atoms with van der Waals surface area (Å²) in [6.45, 7) is 3.85. The number of aromatic nitrogens is 1. The minimum absolute atomic E-state index is 0.653. The Kier molecular flexibility index (Phi) is 3.63. The molecule has 0 atom stereocenters. The van der Waals surface area contributed by atoms with Crippen LogP contribution < -0.4 is 5.32 Å². The number of aryl methyl sites for hydroxylation is 2. The molecule has 0 aliphatic carbocycles. The number of pyridine rings is 1. The molecule has 18 heavy (non-hydrogen) atoms. The van der Waals surface area contributed by atoms with Crippen molar-refractivity contribution in [1.29, 1.82) is 5.26 Å². The molecule has 3 nitrogen and oxygen atoms in total. The van der Waals surface area contributed by atoms with Crippen LogP contribution in [-0.2, 0) is 0 Å². The van der Waals surface area contributed by atoms with Crippen LogP contribution in [0, 0.1) is 25.2 Å². The molecule has 0 unspecified atom stereocenters. The molecule has 0 saturated carbocycles. The Morgan fingerprint density at radius 1 is 1.22 bits per heavy atom. The van der Waals surface area contributed by atoms with Crippen molar-refractivity contribution in [3.63, 3.8) is 0 Å². The van der Waals surface area contributed by atoms with Crippen LogP contribution in [-0.4, -0.2) is 4.98 Å². The molecule has 0 spiro atoms. The number of anilines is 2. The normalized spacial score (nSPS) is 9.89. The van der Waals surface area contributed by atoms with Gasteiger partial charge in [-0.25, -0.2) is 4.98 Å². The first-order chi connectivity index (χ1) is 8.61. The zero-order valence-corrected chi connectivity index (χ0v) is 11.7. The third-order valence-corrected chi connectivity index (χ3v) is 3.51. The lowest BCUT2D eigenvalue weighted by atomic mass is 10.1. The molecule has 4 heteroatoms. The molecule has 0 bridgehead atoms. The number of hydrogen-bond donors (Lipinski definition) is 1. The zero-order valence-electron chi connectivity index (χ0n) is 10.2. The van der Waals surface area contributed by atoms with E-state index in [-0.39, 0.29) is 0 Å². The van der Waals surface area contributed by atoms with Gasteiger partial charge in [-0.2, -0.15) is 5.26 Å². The lowest BCUT2D eigenvalue weighted by Crippen LogP contribution is -1.98. The summed E-state index contributed by atoms with van der Waals surface area (Å²) in [5.41, 5.74) is 3.30. The van der Waals surface area contributed by atoms with Crippen LogP contribution in [0.5, 0.6) is 0 Å². The average Bonchev–Trinajstić information content (AvgIpc) is 2.34. The van der Waals surface area contributed by atoms with Gasteiger partial charge in [0.15, 0.2) is 0 Å². The first-order valence-electron chi connectivity index (χ1n) is 5.51. The van der Waals surface area contributed by atoms with Gasteiger partial charge in [0, 0.05) is 4.47 Å². The molecule has 0 amide bonds. The van der Waals surface area contributed by atoms with Crippen LogP contribution in [0.1, 0.15) is 16.8 Å². The smallest absolute Gasteiger partial charge is 0.130 e. The van der Waals surface area contributed by atoms with E-state index in [2.05, 4.69) is 32.3 Å². The van der Waals surface area contributed by atoms with Crippen LogP contribution in [0.3, 0.4) is 0 Å². The molecular formula is C14H12BrN3. The molecule has 1 heterocycles. The second-order valence-electron chi connectivity index (χ2n) is 4.00. The number of nitrogens with one attached hydrogen (secondary N) is 1. The van der Waals surface area contributed by atoms with E-state index in [1.165, 1.54) is 0 Å². The van der Waals surface area contributed by atoms with Gasteiger partial charge in [0.1, 0.15) is 11.9 Å². The van der Waals surface area contributed by atoms with Gasteiger partial charge in [-0.05, 0) is 53.5 Å². The summed E-state index contributed by atoms with van der Waals surface area (Å²) in [6.07, 6.45) is 0. The van der Waals surface area contributed by atoms with Crippen LogP contribution in [0.4, 0.5) is 11.5 Å². The van der Waals surface area contributed by atoms with E-state index in [0.29, 0.717) is 5.56 Å². The van der Waals surface area contributed by atoms with Crippen molar-refractivity contribution in [3.8, 4) is 6.07 Å². The largest absolute Gasteiger partial charge is 0.339 e. The summed E-state index contributed by atoms with van der Waals surface area (Å²) >= 11 is 3.41. The highest BCUT2D eigenvalue weighted by Gasteiger charge is 2.06. The Hall–Kier alpha value is -1.86. The molecule has 90 valence electrons. The fraction of sp³-hybridized carbons (Fsp3) is 0.143. The van der Waals surface area contributed by atoms with Crippen LogP contribution >= 0.6 is 15.9 Å². The first-order valence-corrected chi connectivity index (χ1v) is 6.31. The summed E-state index contributed by atoms with van der Waals surface area (Å²) in [5, 5.41) is 12.3. The fourth-order valence-corrected chi connectivity index (χ4v) is 1.89. The molecule has 0 aliphatic rings. The minimum atomic E-state index is 0.653. The maximum Gasteiger partial charge on any atom is 0.130 e. The van der Waals surface area contributed by atoms with Crippen molar-refractivity contribution in [2.75, 3.05) is 5.32 Å². The molecule has 0 aliphatic heterocycles. The van der Waals surface area contributed by atoms with E-state index in [0.717, 1.165) is 27.2 Å². The molecule has 0 radical (unpaired) electrons. The van der Waals surface area contributed by atoms with Gasteiger partial charge in [0.05, 0.1) is 16.9 Å². The van der Waals surface area contributed by atoms with Crippen molar-refractivity contribution in [2.24, 2.45) is 0 Å². The Morgan fingerprint density at radius 3 is 2.67 bits per heavy atom. The van der Waals surface area contributed by atoms with Gasteiger partial charge >= 0.3 is 0 Å². The highest BCUT2D eigenvalue weighted by molar-refractivity contribution is 9.10. The Morgan fingerprint density at radius 2 is 2.00 bits per heavy atom. The number of nitriles is 1. The zero-order chi connectivity index (χ0) is 13.1. The Balaban J connectivity index is 2.37. The van der Waals surface area contributed by atoms with Gasteiger partial charge in [0.2, 0.25) is 0 Å². The highest BCUT2D eigenvalue weighted by atomic mass is 79.9. The molecule has 1 N–H and O–H groups in total. The second kappa shape index (κ2) is 5.19. The fourth-order valence-electron chi connectivity index (χ4n) is 1.67. The molecule has 1 aromatic carbocycles. The summed E-state index contributed by atoms with van der Waals surface area (Å²) in [4.78, 5) is 4.41. The Labute approximate surface area is 115 Å². The second-order valence-corrected chi connectivity index (χ2v) is 4.85. The van der Waals surface area contributed by atoms with E-state index in [1.54, 1.807) is 0 Å². The molecular weight excluding hydrogens is 290 g/mol. The monoisotopic (exact) mass is 301 g/mol. The van der Waals surface area contributed by atoms with E-state index >= 15 is 0 Å². The van der Waals surface area contributed by atoms with Crippen molar-refractivity contribution < 1.29 is 0 Å². The van der Waals surface area contributed by atoms with Crippen molar-refractivity contribution in [2.45, 2.75) is 13.8 Å². The van der Waals surface area contributed by atoms with Crippen molar-refractivity contribution >= 4 is 27.4 Å². The van der Waals surface area contributed by atoms with Crippen LogP contribution in [0.25, 0.3) is 0 Å². The Bertz CT molecular complexity index is 629. The number of nitrogens with zero attached hydrogens (tertiary/aromatic N) is 2. The highest BCUT2D eigenvalue weighted by Crippen LogP contribution is 2.23. The van der Waals surface area contributed by atoms with E-state index in [4.69, 9.17) is 5.26 Å². The maximum atomic E-state index is 9.16. The topological polar surface area (TPSA) is 48.7 Å². The molecule has 0 fully saturated rings. The maximum absolute atomic E-state index is 9.16. The van der Waals surface area contributed by atoms with Gasteiger partial charge in [-0.3, -0.25) is 0 Å². The predicted molar refractivity (Wildman–Crippen MR) is 75.9 cm³/mol. The van der Waals surface area contributed by atoms with Crippen LogP contribution in [0.15, 0.2) is 34.8 Å². The molecule has 2 aromatic rings. The minimum Gasteiger partial charge on any atom is -0.339 e. The number of hydrogen-bond acceptors (Lipinski definition) is 3. The predicted octanol–water partition coefficient (Wildman–Crippen LogP) is 4.08. The van der Waals surface area contributed by atoms with E-state index < -0.39 is 0 Å². The van der Waals surface area contributed by atoms with E-state index in [1.807, 2.05) is 44.2 Å². The van der Waals surface area contributed by atoms with Gasteiger partial charge in [-0.15, -0.1) is 0 Å². The van der Waals surface area contributed by atoms with Crippen molar-refractivity contribution in [1.82, 2.24) is 4.98 Å². The number of rotatable bonds is 2. The summed E-state index contributed by atoms with van der Waals surface area (Å²) in [6, 6.07) is 11.7. The molecule has 2 rings (SSSR count).